The van der Waals surface area contributed by atoms with Gasteiger partial charge in [-0.1, -0.05) is 36.8 Å². The van der Waals surface area contributed by atoms with Gasteiger partial charge in [-0.3, -0.25) is 4.79 Å². The van der Waals surface area contributed by atoms with E-state index >= 15 is 0 Å². The molecule has 1 aromatic carbocycles. The average Bonchev–Trinajstić information content (AvgIpc) is 3.21. The van der Waals surface area contributed by atoms with Gasteiger partial charge in [0.05, 0.1) is 6.54 Å². The van der Waals surface area contributed by atoms with Crippen molar-refractivity contribution in [3.05, 3.63) is 35.4 Å². The normalized spacial score (nSPS) is 16.1. The van der Waals surface area contributed by atoms with Gasteiger partial charge < -0.3 is 10.6 Å². The number of hydrogen-bond donors (Lipinski definition) is 2. The molecule has 0 spiro atoms. The molecule has 0 heterocycles. The van der Waals surface area contributed by atoms with Gasteiger partial charge in [-0.15, -0.1) is 0 Å². The lowest BCUT2D eigenvalue weighted by molar-refractivity contribution is -0.120. The van der Waals surface area contributed by atoms with Crippen LogP contribution in [0.1, 0.15) is 36.8 Å². The standard InChI is InChI=1S/C16H24N2O/c1-12-3-7-15(8-4-12)13(2)9-18-16(19)11-17-10-14-5-6-14/h3-4,7-8,13-14,17H,5-6,9-11H2,1-2H3,(H,18,19). The van der Waals surface area contributed by atoms with Crippen LogP contribution >= 0.6 is 0 Å². The molecule has 1 aliphatic carbocycles. The first-order valence-electron chi connectivity index (χ1n) is 7.19. The van der Waals surface area contributed by atoms with E-state index in [2.05, 4.69) is 48.7 Å². The van der Waals surface area contributed by atoms with Gasteiger partial charge >= 0.3 is 0 Å². The Bertz CT molecular complexity index is 409. The largest absolute Gasteiger partial charge is 0.354 e. The van der Waals surface area contributed by atoms with Crippen molar-refractivity contribution in [2.75, 3.05) is 19.6 Å². The van der Waals surface area contributed by atoms with Gasteiger partial charge in [-0.05, 0) is 43.7 Å². The van der Waals surface area contributed by atoms with E-state index in [-0.39, 0.29) is 5.91 Å². The summed E-state index contributed by atoms with van der Waals surface area (Å²) in [6, 6.07) is 8.50. The van der Waals surface area contributed by atoms with Crippen LogP contribution in [0.5, 0.6) is 0 Å². The van der Waals surface area contributed by atoms with Gasteiger partial charge in [0.2, 0.25) is 5.91 Å². The summed E-state index contributed by atoms with van der Waals surface area (Å²) in [6.45, 7) is 6.36. The number of hydrogen-bond acceptors (Lipinski definition) is 2. The summed E-state index contributed by atoms with van der Waals surface area (Å²) in [5, 5.41) is 6.19. The first kappa shape index (κ1) is 14.1. The molecule has 1 amide bonds. The fourth-order valence-electron chi connectivity index (χ4n) is 2.05. The van der Waals surface area contributed by atoms with Crippen LogP contribution in [-0.4, -0.2) is 25.5 Å². The summed E-state index contributed by atoms with van der Waals surface area (Å²) in [5.41, 5.74) is 2.54. The molecule has 1 unspecified atom stereocenters. The highest BCUT2D eigenvalue weighted by molar-refractivity contribution is 5.78. The number of rotatable bonds is 7. The van der Waals surface area contributed by atoms with Gasteiger partial charge in [0.15, 0.2) is 0 Å². The number of aryl methyl sites for hydroxylation is 1. The lowest BCUT2D eigenvalue weighted by Crippen LogP contribution is -2.36. The van der Waals surface area contributed by atoms with Crippen molar-refractivity contribution in [2.24, 2.45) is 5.92 Å². The fraction of sp³-hybridized carbons (Fsp3) is 0.562. The smallest absolute Gasteiger partial charge is 0.233 e. The second kappa shape index (κ2) is 6.71. The molecule has 2 N–H and O–H groups in total. The van der Waals surface area contributed by atoms with Crippen LogP contribution in [0.3, 0.4) is 0 Å². The zero-order valence-electron chi connectivity index (χ0n) is 11.9. The first-order chi connectivity index (χ1) is 9.15. The Balaban J connectivity index is 1.65. The van der Waals surface area contributed by atoms with Crippen LogP contribution in [0, 0.1) is 12.8 Å². The number of amides is 1. The second-order valence-corrected chi connectivity index (χ2v) is 5.69. The molecular formula is C16H24N2O. The lowest BCUT2D eigenvalue weighted by atomic mass is 10.00. The Morgan fingerprint density at radius 2 is 2.00 bits per heavy atom. The molecule has 0 bridgehead atoms. The van der Waals surface area contributed by atoms with Crippen LogP contribution in [0.15, 0.2) is 24.3 Å². The minimum Gasteiger partial charge on any atom is -0.354 e. The van der Waals surface area contributed by atoms with Crippen molar-refractivity contribution < 1.29 is 4.79 Å². The molecule has 1 saturated carbocycles. The predicted molar refractivity (Wildman–Crippen MR) is 78.2 cm³/mol. The Labute approximate surface area is 115 Å². The van der Waals surface area contributed by atoms with Crippen molar-refractivity contribution in [1.29, 1.82) is 0 Å². The Hall–Kier alpha value is -1.35. The highest BCUT2D eigenvalue weighted by Gasteiger charge is 2.20. The van der Waals surface area contributed by atoms with Crippen LogP contribution in [0.2, 0.25) is 0 Å². The summed E-state index contributed by atoms with van der Waals surface area (Å²) in [7, 11) is 0. The number of carbonyl (C=O) groups is 1. The third kappa shape index (κ3) is 5.03. The second-order valence-electron chi connectivity index (χ2n) is 5.69. The third-order valence-corrected chi connectivity index (χ3v) is 3.67. The maximum absolute atomic E-state index is 11.7. The van der Waals surface area contributed by atoms with E-state index in [1.165, 1.54) is 24.0 Å². The van der Waals surface area contributed by atoms with Gasteiger partial charge in [0, 0.05) is 6.54 Å². The van der Waals surface area contributed by atoms with Gasteiger partial charge in [-0.2, -0.15) is 0 Å². The lowest BCUT2D eigenvalue weighted by Gasteiger charge is -2.13. The summed E-state index contributed by atoms with van der Waals surface area (Å²) < 4.78 is 0. The molecule has 0 radical (unpaired) electrons. The Kier molecular flexibility index (Phi) is 4.97. The van der Waals surface area contributed by atoms with Crippen molar-refractivity contribution in [3.8, 4) is 0 Å². The molecule has 0 saturated heterocycles. The Morgan fingerprint density at radius 3 is 2.63 bits per heavy atom. The molecule has 0 aliphatic heterocycles. The fourth-order valence-corrected chi connectivity index (χ4v) is 2.05. The molecule has 1 atom stereocenters. The van der Waals surface area contributed by atoms with E-state index < -0.39 is 0 Å². The van der Waals surface area contributed by atoms with E-state index in [1.54, 1.807) is 0 Å². The topological polar surface area (TPSA) is 41.1 Å². The van der Waals surface area contributed by atoms with Crippen molar-refractivity contribution >= 4 is 5.91 Å². The van der Waals surface area contributed by atoms with E-state index in [0.717, 1.165) is 12.5 Å². The van der Waals surface area contributed by atoms with Crippen LogP contribution < -0.4 is 10.6 Å². The maximum atomic E-state index is 11.7. The van der Waals surface area contributed by atoms with E-state index in [1.807, 2.05) is 0 Å². The van der Waals surface area contributed by atoms with Crippen molar-refractivity contribution in [3.63, 3.8) is 0 Å². The Morgan fingerprint density at radius 1 is 1.32 bits per heavy atom. The molecular weight excluding hydrogens is 236 g/mol. The molecule has 1 fully saturated rings. The minimum absolute atomic E-state index is 0.0969. The number of carbonyl (C=O) groups excluding carboxylic acids is 1. The van der Waals surface area contributed by atoms with E-state index in [0.29, 0.717) is 19.0 Å². The average molecular weight is 260 g/mol. The summed E-state index contributed by atoms with van der Waals surface area (Å²) in [5.74, 6) is 1.27. The predicted octanol–water partition coefficient (Wildman–Crippen LogP) is 2.21. The summed E-state index contributed by atoms with van der Waals surface area (Å²) in [4.78, 5) is 11.7. The van der Waals surface area contributed by atoms with Crippen LogP contribution in [-0.2, 0) is 4.79 Å². The minimum atomic E-state index is 0.0969. The van der Waals surface area contributed by atoms with Gasteiger partial charge in [-0.25, -0.2) is 0 Å². The van der Waals surface area contributed by atoms with Crippen LogP contribution in [0.25, 0.3) is 0 Å². The van der Waals surface area contributed by atoms with E-state index in [4.69, 9.17) is 0 Å². The van der Waals surface area contributed by atoms with Crippen molar-refractivity contribution in [2.45, 2.75) is 32.6 Å². The number of nitrogens with one attached hydrogen (secondary N) is 2. The molecule has 3 nitrogen and oxygen atoms in total. The molecule has 104 valence electrons. The highest BCUT2D eigenvalue weighted by atomic mass is 16.1. The SMILES string of the molecule is Cc1ccc(C(C)CNC(=O)CNCC2CC2)cc1. The summed E-state index contributed by atoms with van der Waals surface area (Å²) in [6.07, 6.45) is 2.64. The monoisotopic (exact) mass is 260 g/mol. The summed E-state index contributed by atoms with van der Waals surface area (Å²) >= 11 is 0. The molecule has 1 aliphatic rings. The van der Waals surface area contributed by atoms with Gasteiger partial charge in [0.25, 0.3) is 0 Å². The van der Waals surface area contributed by atoms with Crippen molar-refractivity contribution in [1.82, 2.24) is 10.6 Å². The van der Waals surface area contributed by atoms with Crippen LogP contribution in [0.4, 0.5) is 0 Å². The molecule has 0 aromatic heterocycles. The zero-order valence-corrected chi connectivity index (χ0v) is 11.9. The first-order valence-corrected chi connectivity index (χ1v) is 7.19. The molecule has 1 aromatic rings. The maximum Gasteiger partial charge on any atom is 0.233 e. The third-order valence-electron chi connectivity index (χ3n) is 3.67. The molecule has 19 heavy (non-hydrogen) atoms. The highest BCUT2D eigenvalue weighted by Crippen LogP contribution is 2.27. The molecule has 3 heteroatoms. The quantitative estimate of drug-likeness (QED) is 0.789. The molecule has 2 rings (SSSR count). The van der Waals surface area contributed by atoms with Gasteiger partial charge in [0.1, 0.15) is 0 Å². The zero-order chi connectivity index (χ0) is 13.7. The van der Waals surface area contributed by atoms with E-state index in [9.17, 15) is 4.79 Å². The number of benzene rings is 1.